The molecule has 1 aromatic rings. The molecule has 110 valence electrons. The van der Waals surface area contributed by atoms with Gasteiger partial charge in [0.05, 0.1) is 5.92 Å². The van der Waals surface area contributed by atoms with E-state index in [4.69, 9.17) is 0 Å². The molecule has 6 heteroatoms. The van der Waals surface area contributed by atoms with Gasteiger partial charge in [0.1, 0.15) is 5.75 Å². The Bertz CT molecular complexity index is 474. The van der Waals surface area contributed by atoms with Crippen molar-refractivity contribution in [3.63, 3.8) is 0 Å². The lowest BCUT2D eigenvalue weighted by Gasteiger charge is -2.22. The van der Waals surface area contributed by atoms with E-state index >= 15 is 0 Å². The summed E-state index contributed by atoms with van der Waals surface area (Å²) in [6.07, 6.45) is 1.80. The molecule has 0 aliphatic carbocycles. The van der Waals surface area contributed by atoms with Gasteiger partial charge in [-0.1, -0.05) is 6.07 Å². The summed E-state index contributed by atoms with van der Waals surface area (Å²) in [5, 5.41) is 5.91. The van der Waals surface area contributed by atoms with E-state index in [1.807, 2.05) is 0 Å². The van der Waals surface area contributed by atoms with Gasteiger partial charge in [0.15, 0.2) is 0 Å². The number of aryl methyl sites for hydroxylation is 1. The normalized spacial score (nSPS) is 18.9. The lowest BCUT2D eigenvalue weighted by atomic mass is 9.99. The molecule has 1 aliphatic rings. The molecular weight excluding hydrogens is 266 g/mol. The van der Waals surface area contributed by atoms with E-state index in [1.54, 1.807) is 19.1 Å². The average Bonchev–Trinajstić information content (AvgIpc) is 2.43. The molecule has 0 spiro atoms. The van der Waals surface area contributed by atoms with E-state index in [2.05, 4.69) is 15.4 Å². The number of hydrogen-bond acceptors (Lipinski definition) is 3. The molecule has 1 amide bonds. The number of carbonyl (C=O) groups is 1. The van der Waals surface area contributed by atoms with Crippen molar-refractivity contribution < 1.29 is 18.3 Å². The molecular formula is C14H18F2N2O2. The summed E-state index contributed by atoms with van der Waals surface area (Å²) >= 11 is 0. The first-order chi connectivity index (χ1) is 9.56. The molecule has 1 heterocycles. The van der Waals surface area contributed by atoms with E-state index in [0.29, 0.717) is 17.8 Å². The molecule has 1 saturated heterocycles. The van der Waals surface area contributed by atoms with Crippen LogP contribution in [0.5, 0.6) is 5.75 Å². The fourth-order valence-electron chi connectivity index (χ4n) is 2.22. The third-order valence-corrected chi connectivity index (χ3v) is 3.34. The summed E-state index contributed by atoms with van der Waals surface area (Å²) in [5.41, 5.74) is 1.07. The summed E-state index contributed by atoms with van der Waals surface area (Å²) in [4.78, 5) is 12.0. The van der Waals surface area contributed by atoms with Crippen LogP contribution in [0.3, 0.4) is 0 Å². The van der Waals surface area contributed by atoms with Crippen LogP contribution in [0.15, 0.2) is 18.2 Å². The van der Waals surface area contributed by atoms with Gasteiger partial charge in [0.2, 0.25) is 5.91 Å². The van der Waals surface area contributed by atoms with E-state index in [9.17, 15) is 13.6 Å². The minimum atomic E-state index is -2.87. The van der Waals surface area contributed by atoms with E-state index < -0.39 is 6.61 Å². The zero-order valence-corrected chi connectivity index (χ0v) is 11.3. The van der Waals surface area contributed by atoms with Crippen molar-refractivity contribution in [1.29, 1.82) is 0 Å². The zero-order chi connectivity index (χ0) is 14.5. The van der Waals surface area contributed by atoms with Crippen LogP contribution in [-0.2, 0) is 4.79 Å². The number of anilines is 1. The number of amides is 1. The molecule has 0 bridgehead atoms. The van der Waals surface area contributed by atoms with Gasteiger partial charge < -0.3 is 15.4 Å². The smallest absolute Gasteiger partial charge is 0.387 e. The third kappa shape index (κ3) is 3.90. The standard InChI is InChI=1S/C14H18F2N2O2/c1-9-4-5-11(7-12(9)20-14(15)16)18-13(19)10-3-2-6-17-8-10/h4-5,7,10,14,17H,2-3,6,8H2,1H3,(H,18,19). The van der Waals surface area contributed by atoms with Crippen LogP contribution < -0.4 is 15.4 Å². The molecule has 0 radical (unpaired) electrons. The predicted molar refractivity (Wildman–Crippen MR) is 72.0 cm³/mol. The highest BCUT2D eigenvalue weighted by Gasteiger charge is 2.21. The Morgan fingerprint density at radius 3 is 2.95 bits per heavy atom. The van der Waals surface area contributed by atoms with Crippen LogP contribution in [0.1, 0.15) is 18.4 Å². The van der Waals surface area contributed by atoms with Gasteiger partial charge in [-0.15, -0.1) is 0 Å². The van der Waals surface area contributed by atoms with Crippen molar-refractivity contribution >= 4 is 11.6 Å². The molecule has 0 aromatic heterocycles. The van der Waals surface area contributed by atoms with Gasteiger partial charge in [-0.25, -0.2) is 0 Å². The largest absolute Gasteiger partial charge is 0.434 e. The highest BCUT2D eigenvalue weighted by molar-refractivity contribution is 5.93. The molecule has 1 aliphatic heterocycles. The molecule has 1 atom stereocenters. The van der Waals surface area contributed by atoms with Gasteiger partial charge in [0.25, 0.3) is 0 Å². The van der Waals surface area contributed by atoms with Gasteiger partial charge in [-0.3, -0.25) is 4.79 Å². The van der Waals surface area contributed by atoms with Crippen LogP contribution in [0, 0.1) is 12.8 Å². The van der Waals surface area contributed by atoms with Crippen LogP contribution in [0.25, 0.3) is 0 Å². The number of rotatable bonds is 4. The Morgan fingerprint density at radius 2 is 2.30 bits per heavy atom. The number of ether oxygens (including phenoxy) is 1. The van der Waals surface area contributed by atoms with Gasteiger partial charge >= 0.3 is 6.61 Å². The Hall–Kier alpha value is -1.69. The van der Waals surface area contributed by atoms with Gasteiger partial charge in [-0.05, 0) is 37.9 Å². The fourth-order valence-corrected chi connectivity index (χ4v) is 2.22. The van der Waals surface area contributed by atoms with Crippen molar-refractivity contribution in [3.05, 3.63) is 23.8 Å². The molecule has 1 unspecified atom stereocenters. The Morgan fingerprint density at radius 1 is 1.50 bits per heavy atom. The molecule has 2 rings (SSSR count). The summed E-state index contributed by atoms with van der Waals surface area (Å²) in [5.74, 6) is -0.0897. The number of benzene rings is 1. The summed E-state index contributed by atoms with van der Waals surface area (Å²) in [7, 11) is 0. The minimum absolute atomic E-state index is 0.0791. The average molecular weight is 284 g/mol. The molecule has 20 heavy (non-hydrogen) atoms. The maximum Gasteiger partial charge on any atom is 0.387 e. The molecule has 1 fully saturated rings. The van der Waals surface area contributed by atoms with Crippen LogP contribution in [-0.4, -0.2) is 25.6 Å². The first-order valence-corrected chi connectivity index (χ1v) is 6.63. The lowest BCUT2D eigenvalue weighted by Crippen LogP contribution is -2.37. The number of carbonyl (C=O) groups excluding carboxylic acids is 1. The quantitative estimate of drug-likeness (QED) is 0.893. The van der Waals surface area contributed by atoms with Crippen molar-refractivity contribution in [1.82, 2.24) is 5.32 Å². The van der Waals surface area contributed by atoms with Crippen molar-refractivity contribution in [2.45, 2.75) is 26.4 Å². The van der Waals surface area contributed by atoms with Crippen molar-refractivity contribution in [2.24, 2.45) is 5.92 Å². The maximum absolute atomic E-state index is 12.3. The second-order valence-electron chi connectivity index (χ2n) is 4.89. The van der Waals surface area contributed by atoms with Crippen LogP contribution in [0.4, 0.5) is 14.5 Å². The van der Waals surface area contributed by atoms with Crippen molar-refractivity contribution in [2.75, 3.05) is 18.4 Å². The Labute approximate surface area is 116 Å². The summed E-state index contributed by atoms with van der Waals surface area (Å²) < 4.78 is 29.0. The Kier molecular flexibility index (Phi) is 4.89. The maximum atomic E-state index is 12.3. The number of piperidine rings is 1. The topological polar surface area (TPSA) is 50.4 Å². The highest BCUT2D eigenvalue weighted by Crippen LogP contribution is 2.25. The summed E-state index contributed by atoms with van der Waals surface area (Å²) in [6, 6.07) is 4.75. The molecule has 4 nitrogen and oxygen atoms in total. The molecule has 1 aromatic carbocycles. The molecule has 2 N–H and O–H groups in total. The van der Waals surface area contributed by atoms with Crippen LogP contribution in [0.2, 0.25) is 0 Å². The fraction of sp³-hybridized carbons (Fsp3) is 0.500. The second kappa shape index (κ2) is 6.65. The van der Waals surface area contributed by atoms with Gasteiger partial charge in [-0.2, -0.15) is 8.78 Å². The second-order valence-corrected chi connectivity index (χ2v) is 4.89. The summed E-state index contributed by atoms with van der Waals surface area (Å²) in [6.45, 7) is 0.384. The third-order valence-electron chi connectivity index (χ3n) is 3.34. The van der Waals surface area contributed by atoms with E-state index in [0.717, 1.165) is 19.4 Å². The minimum Gasteiger partial charge on any atom is -0.434 e. The van der Waals surface area contributed by atoms with Crippen LogP contribution >= 0.6 is 0 Å². The highest BCUT2D eigenvalue weighted by atomic mass is 19.3. The van der Waals surface area contributed by atoms with E-state index in [-0.39, 0.29) is 17.6 Å². The number of hydrogen-bond donors (Lipinski definition) is 2. The monoisotopic (exact) mass is 284 g/mol. The first kappa shape index (κ1) is 14.7. The Balaban J connectivity index is 2.03. The predicted octanol–water partition coefficient (Wildman–Crippen LogP) is 2.53. The number of halogens is 2. The SMILES string of the molecule is Cc1ccc(NC(=O)C2CCCNC2)cc1OC(F)F. The van der Waals surface area contributed by atoms with Crippen molar-refractivity contribution in [3.8, 4) is 5.75 Å². The zero-order valence-electron chi connectivity index (χ0n) is 11.3. The number of nitrogens with one attached hydrogen (secondary N) is 2. The lowest BCUT2D eigenvalue weighted by molar-refractivity contribution is -0.120. The first-order valence-electron chi connectivity index (χ1n) is 6.63. The van der Waals surface area contributed by atoms with E-state index in [1.165, 1.54) is 6.07 Å². The van der Waals surface area contributed by atoms with Gasteiger partial charge in [0, 0.05) is 18.3 Å². The molecule has 0 saturated carbocycles. The number of alkyl halides is 2.